The lowest BCUT2D eigenvalue weighted by molar-refractivity contribution is -0.124. The Hall–Kier alpha value is -3.35. The molecule has 1 aliphatic heterocycles. The number of aliphatic hydroxyl groups is 1. The molecule has 4 N–H and O–H groups in total. The van der Waals surface area contributed by atoms with E-state index in [4.69, 9.17) is 0 Å². The molecular formula is C28H33N5O2. The molecule has 0 saturated carbocycles. The van der Waals surface area contributed by atoms with Crippen LogP contribution < -0.4 is 16.2 Å². The fourth-order valence-electron chi connectivity index (χ4n) is 6.80. The minimum absolute atomic E-state index is 0.0341. The normalized spacial score (nSPS) is 27.1. The molecular weight excluding hydrogens is 438 g/mol. The first-order valence-corrected chi connectivity index (χ1v) is 12.8. The van der Waals surface area contributed by atoms with E-state index in [1.54, 1.807) is 12.4 Å². The standard InChI is InChI=1S/C28H33N5O2/c1-4-16-6-5-9-28(3)24(16)22(34)11-21-20-10-17-7-8-19(23(17)25(20)32-33-26(21)28)27(35)31-14-18-13-29-15(2)12-30-18/h11-13,19,32-34H,4-10,14H2,1-3H3,(H,31,35). The summed E-state index contributed by atoms with van der Waals surface area (Å²) < 4.78 is 0. The van der Waals surface area contributed by atoms with Gasteiger partial charge in [0, 0.05) is 28.5 Å². The number of aliphatic hydroxyl groups excluding tert-OH is 1. The predicted molar refractivity (Wildman–Crippen MR) is 133 cm³/mol. The van der Waals surface area contributed by atoms with Crippen LogP contribution in [0.2, 0.25) is 0 Å². The number of nitrogens with one attached hydrogen (secondary N) is 3. The highest BCUT2D eigenvalue weighted by atomic mass is 16.3. The molecule has 0 bridgehead atoms. The number of carbonyl (C=O) groups excluding carboxylic acids is 1. The van der Waals surface area contributed by atoms with Gasteiger partial charge in [-0.25, -0.2) is 0 Å². The van der Waals surface area contributed by atoms with Crippen molar-refractivity contribution < 1.29 is 9.90 Å². The molecule has 0 aromatic carbocycles. The second-order valence-electron chi connectivity index (χ2n) is 10.6. The fourth-order valence-corrected chi connectivity index (χ4v) is 6.80. The molecule has 2 atom stereocenters. The number of hydrogen-bond acceptors (Lipinski definition) is 6. The quantitative estimate of drug-likeness (QED) is 0.517. The Balaban J connectivity index is 1.29. The molecule has 0 radical (unpaired) electrons. The summed E-state index contributed by atoms with van der Waals surface area (Å²) in [5.74, 6) is 0.270. The van der Waals surface area contributed by atoms with E-state index < -0.39 is 0 Å². The third-order valence-electron chi connectivity index (χ3n) is 8.50. The van der Waals surface area contributed by atoms with Gasteiger partial charge in [-0.05, 0) is 76.0 Å². The SMILES string of the molecule is CCC1=C2C(O)=CC3=C(NNC4=C3CC3=C4C(C(=O)NCc4cnc(C)cn4)CC3)C2(C)CCC1. The van der Waals surface area contributed by atoms with Crippen LogP contribution in [0.1, 0.15) is 70.2 Å². The minimum atomic E-state index is -0.220. The maximum Gasteiger partial charge on any atom is 0.227 e. The Bertz CT molecular complexity index is 1280. The zero-order valence-electron chi connectivity index (χ0n) is 20.7. The Labute approximate surface area is 206 Å². The average molecular weight is 472 g/mol. The van der Waals surface area contributed by atoms with E-state index in [0.717, 1.165) is 84.4 Å². The van der Waals surface area contributed by atoms with E-state index in [0.29, 0.717) is 12.3 Å². The molecule has 5 aliphatic rings. The van der Waals surface area contributed by atoms with Crippen LogP contribution in [-0.4, -0.2) is 21.0 Å². The summed E-state index contributed by atoms with van der Waals surface area (Å²) in [5, 5.41) is 14.2. The lowest BCUT2D eigenvalue weighted by atomic mass is 9.64. The fraction of sp³-hybridized carbons (Fsp3) is 0.464. The van der Waals surface area contributed by atoms with E-state index in [9.17, 15) is 9.90 Å². The lowest BCUT2D eigenvalue weighted by Gasteiger charge is -2.45. The first kappa shape index (κ1) is 22.1. The van der Waals surface area contributed by atoms with Gasteiger partial charge in [-0.1, -0.05) is 18.1 Å². The van der Waals surface area contributed by atoms with Crippen LogP contribution >= 0.6 is 0 Å². The van der Waals surface area contributed by atoms with Crippen molar-refractivity contribution in [2.75, 3.05) is 0 Å². The Morgan fingerprint density at radius 1 is 1.26 bits per heavy atom. The number of aryl methyl sites for hydroxylation is 1. The third kappa shape index (κ3) is 3.35. The maximum absolute atomic E-state index is 13.2. The molecule has 182 valence electrons. The summed E-state index contributed by atoms with van der Waals surface area (Å²) in [6, 6.07) is 0. The number of fused-ring (bicyclic) bond motifs is 4. The van der Waals surface area contributed by atoms with Gasteiger partial charge >= 0.3 is 0 Å². The van der Waals surface area contributed by atoms with Gasteiger partial charge in [0.15, 0.2) is 0 Å². The molecule has 7 nitrogen and oxygen atoms in total. The summed E-state index contributed by atoms with van der Waals surface area (Å²) in [4.78, 5) is 21.8. The second kappa shape index (κ2) is 8.11. The highest BCUT2D eigenvalue weighted by Crippen LogP contribution is 2.56. The largest absolute Gasteiger partial charge is 0.508 e. The number of hydrogen-bond donors (Lipinski definition) is 4. The Morgan fingerprint density at radius 2 is 2.11 bits per heavy atom. The number of nitrogens with zero attached hydrogens (tertiary/aromatic N) is 2. The highest BCUT2D eigenvalue weighted by Gasteiger charge is 2.47. The number of amides is 1. The molecule has 0 spiro atoms. The first-order chi connectivity index (χ1) is 16.9. The van der Waals surface area contributed by atoms with Crippen molar-refractivity contribution >= 4 is 5.91 Å². The van der Waals surface area contributed by atoms with Crippen molar-refractivity contribution in [1.29, 1.82) is 0 Å². The van der Waals surface area contributed by atoms with E-state index in [2.05, 4.69) is 40.0 Å². The molecule has 4 aliphatic carbocycles. The van der Waals surface area contributed by atoms with Crippen LogP contribution in [0, 0.1) is 18.3 Å². The Kier molecular flexibility index (Phi) is 5.13. The molecule has 6 rings (SSSR count). The van der Waals surface area contributed by atoms with Crippen LogP contribution in [-0.2, 0) is 11.3 Å². The van der Waals surface area contributed by atoms with Crippen molar-refractivity contribution in [2.24, 2.45) is 11.3 Å². The van der Waals surface area contributed by atoms with Crippen LogP contribution in [0.15, 0.2) is 69.1 Å². The van der Waals surface area contributed by atoms with Crippen molar-refractivity contribution in [3.8, 4) is 0 Å². The number of carbonyl (C=O) groups is 1. The summed E-state index contributed by atoms with van der Waals surface area (Å²) in [5.41, 5.74) is 17.9. The number of hydrazine groups is 1. The molecule has 7 heteroatoms. The maximum atomic E-state index is 13.2. The number of allylic oxidation sites excluding steroid dienone is 8. The summed E-state index contributed by atoms with van der Waals surface area (Å²) in [7, 11) is 0. The van der Waals surface area contributed by atoms with Crippen molar-refractivity contribution in [2.45, 2.75) is 72.3 Å². The van der Waals surface area contributed by atoms with Gasteiger partial charge in [0.1, 0.15) is 5.76 Å². The van der Waals surface area contributed by atoms with Gasteiger partial charge in [-0.3, -0.25) is 14.8 Å². The van der Waals surface area contributed by atoms with Crippen molar-refractivity contribution in [3.05, 3.63) is 80.4 Å². The number of rotatable bonds is 4. The molecule has 2 heterocycles. The van der Waals surface area contributed by atoms with Gasteiger partial charge in [0.2, 0.25) is 5.91 Å². The van der Waals surface area contributed by atoms with Crippen LogP contribution in [0.3, 0.4) is 0 Å². The molecule has 0 fully saturated rings. The molecule has 1 aromatic rings. The predicted octanol–water partition coefficient (Wildman–Crippen LogP) is 4.48. The first-order valence-electron chi connectivity index (χ1n) is 12.8. The molecule has 0 saturated heterocycles. The van der Waals surface area contributed by atoms with Crippen LogP contribution in [0.5, 0.6) is 0 Å². The summed E-state index contributed by atoms with van der Waals surface area (Å²) in [6.45, 7) is 6.72. The van der Waals surface area contributed by atoms with Crippen molar-refractivity contribution in [1.82, 2.24) is 26.1 Å². The summed E-state index contributed by atoms with van der Waals surface area (Å²) >= 11 is 0. The molecule has 1 amide bonds. The molecule has 2 unspecified atom stereocenters. The van der Waals surface area contributed by atoms with E-state index in [1.807, 2.05) is 13.0 Å². The molecule has 35 heavy (non-hydrogen) atoms. The smallest absolute Gasteiger partial charge is 0.227 e. The second-order valence-corrected chi connectivity index (χ2v) is 10.6. The topological polar surface area (TPSA) is 99.2 Å². The third-order valence-corrected chi connectivity index (χ3v) is 8.50. The van der Waals surface area contributed by atoms with E-state index >= 15 is 0 Å². The van der Waals surface area contributed by atoms with Crippen molar-refractivity contribution in [3.63, 3.8) is 0 Å². The van der Waals surface area contributed by atoms with Gasteiger partial charge in [0.05, 0.1) is 35.7 Å². The van der Waals surface area contributed by atoms with E-state index in [-0.39, 0.29) is 17.2 Å². The van der Waals surface area contributed by atoms with E-state index in [1.165, 1.54) is 16.7 Å². The van der Waals surface area contributed by atoms with Crippen LogP contribution in [0.4, 0.5) is 0 Å². The van der Waals surface area contributed by atoms with Gasteiger partial charge in [-0.15, -0.1) is 0 Å². The zero-order valence-corrected chi connectivity index (χ0v) is 20.7. The monoisotopic (exact) mass is 471 g/mol. The average Bonchev–Trinajstić information content (AvgIpc) is 3.43. The minimum Gasteiger partial charge on any atom is -0.508 e. The lowest BCUT2D eigenvalue weighted by Crippen LogP contribution is -2.46. The summed E-state index contributed by atoms with van der Waals surface area (Å²) in [6.07, 6.45) is 12.2. The Morgan fingerprint density at radius 3 is 2.89 bits per heavy atom. The molecule has 1 aromatic heterocycles. The highest BCUT2D eigenvalue weighted by molar-refractivity contribution is 5.85. The van der Waals surface area contributed by atoms with Gasteiger partial charge in [-0.2, -0.15) is 0 Å². The van der Waals surface area contributed by atoms with Crippen LogP contribution in [0.25, 0.3) is 0 Å². The van der Waals surface area contributed by atoms with Gasteiger partial charge in [0.25, 0.3) is 0 Å². The number of aromatic nitrogens is 2. The zero-order chi connectivity index (χ0) is 24.3. The van der Waals surface area contributed by atoms with Gasteiger partial charge < -0.3 is 21.3 Å².